The highest BCUT2D eigenvalue weighted by molar-refractivity contribution is 5.86. The first-order valence-corrected chi connectivity index (χ1v) is 19.6. The maximum absolute atomic E-state index is 13.7. The third kappa shape index (κ3) is 15.7. The Labute approximate surface area is 330 Å². The van der Waals surface area contributed by atoms with Crippen LogP contribution in [0.25, 0.3) is 0 Å². The van der Waals surface area contributed by atoms with Crippen LogP contribution in [0, 0.1) is 11.8 Å². The van der Waals surface area contributed by atoms with Crippen molar-refractivity contribution in [2.75, 3.05) is 13.2 Å². The average molecular weight is 768 g/mol. The van der Waals surface area contributed by atoms with E-state index < -0.39 is 36.1 Å². The summed E-state index contributed by atoms with van der Waals surface area (Å²) in [7, 11) is 0. The number of ether oxygens (including phenoxy) is 3. The van der Waals surface area contributed by atoms with Gasteiger partial charge in [0.15, 0.2) is 0 Å². The van der Waals surface area contributed by atoms with Crippen molar-refractivity contribution in [3.05, 3.63) is 127 Å². The summed E-state index contributed by atoms with van der Waals surface area (Å²) in [6, 6.07) is 24.5. The van der Waals surface area contributed by atoms with Crippen LogP contribution in [-0.4, -0.2) is 60.3 Å². The Hall–Kier alpha value is -5.42. The summed E-state index contributed by atoms with van der Waals surface area (Å²) in [5.41, 5.74) is 2.78. The Kier molecular flexibility index (Phi) is 18.7. The van der Waals surface area contributed by atoms with Gasteiger partial charge in [0.05, 0.1) is 24.6 Å². The molecule has 0 radical (unpaired) electrons. The van der Waals surface area contributed by atoms with Crippen LogP contribution in [0.3, 0.4) is 0 Å². The number of aliphatic hydroxyl groups is 1. The standard InChI is InChI=1S/C45H57N3O8/c1-3-14-37(28-42(50)46-38(29-49)26-34-22-24-40(25-23-34)54-30-35-18-10-6-11-19-35)43(51)47-39(27-33-16-8-5-9-17-33)32-55-44(52)41(15-4-2)48-45(53)56-31-36-20-12-7-13-21-36/h3-4,6-7,10-13,18-25,33,37-39,41,49H,1-2,5,8-9,14-17,26-32H2,(H,46,50)(H,47,51)(H,48,53)/t37-,38-,39-,41+/m0/s1. The van der Waals surface area contributed by atoms with Crippen molar-refractivity contribution in [2.45, 2.75) is 95.5 Å². The van der Waals surface area contributed by atoms with Gasteiger partial charge in [-0.3, -0.25) is 9.59 Å². The predicted octanol–water partition coefficient (Wildman–Crippen LogP) is 6.74. The second-order valence-corrected chi connectivity index (χ2v) is 14.4. The number of carbonyl (C=O) groups excluding carboxylic acids is 4. The molecule has 0 unspecified atom stereocenters. The van der Waals surface area contributed by atoms with E-state index >= 15 is 0 Å². The number of hydrogen-bond donors (Lipinski definition) is 4. The molecule has 56 heavy (non-hydrogen) atoms. The monoisotopic (exact) mass is 767 g/mol. The van der Waals surface area contributed by atoms with Crippen LogP contribution in [0.2, 0.25) is 0 Å². The molecule has 0 heterocycles. The van der Waals surface area contributed by atoms with Crippen molar-refractivity contribution in [3.8, 4) is 5.75 Å². The number of nitrogens with one attached hydrogen (secondary N) is 3. The highest BCUT2D eigenvalue weighted by Crippen LogP contribution is 2.28. The third-order valence-electron chi connectivity index (χ3n) is 9.80. The minimum Gasteiger partial charge on any atom is -0.489 e. The molecule has 0 aromatic heterocycles. The number of aliphatic hydroxyl groups excluding tert-OH is 1. The number of rotatable bonds is 23. The quantitative estimate of drug-likeness (QED) is 0.0612. The number of amides is 3. The second kappa shape index (κ2) is 24.2. The summed E-state index contributed by atoms with van der Waals surface area (Å²) < 4.78 is 16.9. The Morgan fingerprint density at radius 3 is 2.00 bits per heavy atom. The molecule has 3 aromatic carbocycles. The molecule has 3 amide bonds. The molecule has 3 aromatic rings. The molecule has 4 atom stereocenters. The molecule has 1 saturated carbocycles. The first kappa shape index (κ1) is 43.3. The maximum atomic E-state index is 13.7. The van der Waals surface area contributed by atoms with Crippen molar-refractivity contribution >= 4 is 23.9 Å². The molecular weight excluding hydrogens is 711 g/mol. The van der Waals surface area contributed by atoms with Crippen molar-refractivity contribution in [3.63, 3.8) is 0 Å². The Morgan fingerprint density at radius 2 is 1.38 bits per heavy atom. The Bertz CT molecular complexity index is 1660. The van der Waals surface area contributed by atoms with Gasteiger partial charge in [-0.15, -0.1) is 13.2 Å². The summed E-state index contributed by atoms with van der Waals surface area (Å²) in [5.74, 6) is -1.07. The van der Waals surface area contributed by atoms with Gasteiger partial charge < -0.3 is 35.3 Å². The fourth-order valence-corrected chi connectivity index (χ4v) is 6.79. The maximum Gasteiger partial charge on any atom is 0.408 e. The summed E-state index contributed by atoms with van der Waals surface area (Å²) >= 11 is 0. The number of hydrogen-bond acceptors (Lipinski definition) is 8. The Morgan fingerprint density at radius 1 is 0.732 bits per heavy atom. The summed E-state index contributed by atoms with van der Waals surface area (Å²) in [5, 5.41) is 18.6. The molecule has 11 heteroatoms. The van der Waals surface area contributed by atoms with E-state index in [2.05, 4.69) is 29.1 Å². The zero-order valence-electron chi connectivity index (χ0n) is 32.2. The van der Waals surface area contributed by atoms with Gasteiger partial charge >= 0.3 is 12.1 Å². The number of allylic oxidation sites excluding steroid dienone is 1. The molecular formula is C45H57N3O8. The van der Waals surface area contributed by atoms with Crippen LogP contribution in [0.15, 0.2) is 110 Å². The number of alkyl carbamates (subject to hydrolysis) is 1. The number of carbonyl (C=O) groups is 4. The minimum absolute atomic E-state index is 0.0438. The fraction of sp³-hybridized carbons (Fsp3) is 0.422. The predicted molar refractivity (Wildman–Crippen MR) is 215 cm³/mol. The molecule has 0 saturated heterocycles. The van der Waals surface area contributed by atoms with E-state index in [4.69, 9.17) is 14.2 Å². The number of benzene rings is 3. The summed E-state index contributed by atoms with van der Waals surface area (Å²) in [6.07, 6.45) is 8.98. The van der Waals surface area contributed by atoms with Crippen LogP contribution in [0.1, 0.15) is 74.5 Å². The molecule has 4 N–H and O–H groups in total. The van der Waals surface area contributed by atoms with E-state index in [1.54, 1.807) is 6.08 Å². The molecule has 0 spiro atoms. The lowest BCUT2D eigenvalue weighted by atomic mass is 9.84. The van der Waals surface area contributed by atoms with Gasteiger partial charge in [-0.2, -0.15) is 0 Å². The molecule has 1 aliphatic carbocycles. The molecule has 1 aliphatic rings. The molecule has 1 fully saturated rings. The molecule has 4 rings (SSSR count). The van der Waals surface area contributed by atoms with Crippen molar-refractivity contribution in [1.82, 2.24) is 16.0 Å². The first-order chi connectivity index (χ1) is 27.3. The normalized spacial score (nSPS) is 14.9. The lowest BCUT2D eigenvalue weighted by Gasteiger charge is -2.28. The van der Waals surface area contributed by atoms with Crippen LogP contribution in [0.5, 0.6) is 5.75 Å². The van der Waals surface area contributed by atoms with Gasteiger partial charge in [-0.05, 0) is 60.4 Å². The summed E-state index contributed by atoms with van der Waals surface area (Å²) in [4.78, 5) is 52.7. The fourth-order valence-electron chi connectivity index (χ4n) is 6.79. The minimum atomic E-state index is -1.02. The Balaban J connectivity index is 1.31. The van der Waals surface area contributed by atoms with Gasteiger partial charge in [0.2, 0.25) is 11.8 Å². The van der Waals surface area contributed by atoms with Gasteiger partial charge in [0.25, 0.3) is 0 Å². The van der Waals surface area contributed by atoms with Crippen molar-refractivity contribution < 1.29 is 38.5 Å². The highest BCUT2D eigenvalue weighted by Gasteiger charge is 2.29. The van der Waals surface area contributed by atoms with Gasteiger partial charge in [0.1, 0.15) is 31.6 Å². The number of esters is 1. The first-order valence-electron chi connectivity index (χ1n) is 19.6. The van der Waals surface area contributed by atoms with E-state index in [-0.39, 0.29) is 50.9 Å². The van der Waals surface area contributed by atoms with Crippen LogP contribution < -0.4 is 20.7 Å². The zero-order chi connectivity index (χ0) is 40.0. The van der Waals surface area contributed by atoms with Crippen LogP contribution in [-0.2, 0) is 43.5 Å². The smallest absolute Gasteiger partial charge is 0.408 e. The second-order valence-electron chi connectivity index (χ2n) is 14.4. The van der Waals surface area contributed by atoms with E-state index in [0.29, 0.717) is 31.1 Å². The lowest BCUT2D eigenvalue weighted by Crippen LogP contribution is -2.47. The largest absolute Gasteiger partial charge is 0.489 e. The topological polar surface area (TPSA) is 152 Å². The SMILES string of the molecule is C=CC[C@@H](CC(=O)N[C@H](CO)Cc1ccc(OCc2ccccc2)cc1)C(=O)N[C@H](COC(=O)[C@@H](CC=C)NC(=O)OCc1ccccc1)CC1CCCCC1. The van der Waals surface area contributed by atoms with Gasteiger partial charge in [0, 0.05) is 6.42 Å². The third-order valence-corrected chi connectivity index (χ3v) is 9.80. The zero-order valence-corrected chi connectivity index (χ0v) is 32.2. The van der Waals surface area contributed by atoms with Gasteiger partial charge in [-0.1, -0.05) is 117 Å². The van der Waals surface area contributed by atoms with E-state index in [0.717, 1.165) is 48.8 Å². The van der Waals surface area contributed by atoms with E-state index in [1.807, 2.05) is 84.9 Å². The van der Waals surface area contributed by atoms with Crippen molar-refractivity contribution in [1.29, 1.82) is 0 Å². The van der Waals surface area contributed by atoms with Crippen LogP contribution >= 0.6 is 0 Å². The lowest BCUT2D eigenvalue weighted by molar-refractivity contribution is -0.147. The van der Waals surface area contributed by atoms with E-state index in [1.165, 1.54) is 6.08 Å². The molecule has 0 aliphatic heterocycles. The highest BCUT2D eigenvalue weighted by atomic mass is 16.6. The van der Waals surface area contributed by atoms with Gasteiger partial charge in [-0.25, -0.2) is 9.59 Å². The molecule has 0 bridgehead atoms. The molecule has 11 nitrogen and oxygen atoms in total. The molecule has 300 valence electrons. The summed E-state index contributed by atoms with van der Waals surface area (Å²) in [6.45, 7) is 7.61. The van der Waals surface area contributed by atoms with Crippen LogP contribution in [0.4, 0.5) is 4.79 Å². The van der Waals surface area contributed by atoms with Crippen molar-refractivity contribution in [2.24, 2.45) is 11.8 Å². The van der Waals surface area contributed by atoms with E-state index in [9.17, 15) is 24.3 Å². The average Bonchev–Trinajstić information content (AvgIpc) is 3.22.